The smallest absolute Gasteiger partial charge is 0.410 e. The van der Waals surface area contributed by atoms with E-state index in [9.17, 15) is 19.5 Å². The van der Waals surface area contributed by atoms with Crippen LogP contribution in [0.25, 0.3) is 0 Å². The second kappa shape index (κ2) is 11.3. The van der Waals surface area contributed by atoms with Gasteiger partial charge in [-0.15, -0.1) is 0 Å². The average Bonchev–Trinajstić information content (AvgIpc) is 3.41. The summed E-state index contributed by atoms with van der Waals surface area (Å²) in [6.07, 6.45) is 5.00. The number of hydrogen-bond acceptors (Lipinski definition) is 6. The van der Waals surface area contributed by atoms with Crippen molar-refractivity contribution >= 4 is 23.7 Å². The molecule has 0 radical (unpaired) electrons. The molecule has 1 aromatic heterocycles. The monoisotopic (exact) mass is 585 g/mol. The van der Waals surface area contributed by atoms with E-state index >= 15 is 0 Å². The molecule has 10 nitrogen and oxygen atoms in total. The first-order valence-electron chi connectivity index (χ1n) is 14.4. The van der Waals surface area contributed by atoms with Gasteiger partial charge in [-0.25, -0.2) is 14.4 Å². The zero-order chi connectivity index (χ0) is 29.4. The predicted molar refractivity (Wildman–Crippen MR) is 155 cm³/mol. The van der Waals surface area contributed by atoms with E-state index in [0.717, 1.165) is 31.2 Å². The molecule has 1 aromatic carbocycles. The van der Waals surface area contributed by atoms with Gasteiger partial charge in [0.2, 0.25) is 0 Å². The number of piperazine rings is 1. The lowest BCUT2D eigenvalue weighted by molar-refractivity contribution is -0.137. The maximum absolute atomic E-state index is 14.2. The number of halogens is 1. The number of benzene rings is 1. The van der Waals surface area contributed by atoms with E-state index in [1.807, 2.05) is 60.9 Å². The second-order valence-corrected chi connectivity index (χ2v) is 13.1. The summed E-state index contributed by atoms with van der Waals surface area (Å²) in [6, 6.07) is 10.9. The maximum atomic E-state index is 14.2. The average molecular weight is 586 g/mol. The van der Waals surface area contributed by atoms with Crippen LogP contribution in [0.3, 0.4) is 0 Å². The van der Waals surface area contributed by atoms with Crippen molar-refractivity contribution in [3.05, 3.63) is 63.8 Å². The number of amides is 3. The first-order valence-corrected chi connectivity index (χ1v) is 14.8. The van der Waals surface area contributed by atoms with Gasteiger partial charge in [0, 0.05) is 44.3 Å². The number of likely N-dealkylation sites (tertiary alicyclic amines) is 1. The third-order valence-electron chi connectivity index (χ3n) is 8.84. The van der Waals surface area contributed by atoms with Crippen molar-refractivity contribution < 1.29 is 19.4 Å². The van der Waals surface area contributed by atoms with Crippen LogP contribution < -0.4 is 5.69 Å². The minimum absolute atomic E-state index is 0.0960. The molecule has 1 aliphatic carbocycles. The lowest BCUT2D eigenvalue weighted by Gasteiger charge is -2.53. The van der Waals surface area contributed by atoms with E-state index in [1.54, 1.807) is 17.2 Å². The molecular formula is C30H40ClN5O5. The van der Waals surface area contributed by atoms with Crippen LogP contribution in [0.15, 0.2) is 47.4 Å². The number of carbonyl (C=O) groups is 2. The Labute approximate surface area is 245 Å². The normalized spacial score (nSPS) is 24.5. The fourth-order valence-electron chi connectivity index (χ4n) is 6.72. The van der Waals surface area contributed by atoms with E-state index in [2.05, 4.69) is 4.98 Å². The molecule has 41 heavy (non-hydrogen) atoms. The topological polar surface area (TPSA) is 108 Å². The van der Waals surface area contributed by atoms with E-state index in [1.165, 1.54) is 4.57 Å². The second-order valence-electron chi connectivity index (χ2n) is 12.7. The Balaban J connectivity index is 1.37. The Morgan fingerprint density at radius 1 is 1.05 bits per heavy atom. The van der Waals surface area contributed by atoms with Gasteiger partial charge >= 0.3 is 17.8 Å². The summed E-state index contributed by atoms with van der Waals surface area (Å²) in [5.74, 6) is 0. The maximum Gasteiger partial charge on any atom is 0.410 e. The highest BCUT2D eigenvalue weighted by atomic mass is 35.5. The summed E-state index contributed by atoms with van der Waals surface area (Å²) in [4.78, 5) is 48.9. The molecule has 11 heteroatoms. The molecule has 1 N–H and O–H groups in total. The highest BCUT2D eigenvalue weighted by Gasteiger charge is 2.56. The molecule has 0 unspecified atom stereocenters. The number of ether oxygens (including phenoxy) is 1. The fourth-order valence-corrected chi connectivity index (χ4v) is 6.85. The number of aliphatic hydroxyl groups is 1. The summed E-state index contributed by atoms with van der Waals surface area (Å²) in [6.45, 7) is 7.49. The summed E-state index contributed by atoms with van der Waals surface area (Å²) in [5.41, 5.74) is -1.84. The highest BCUT2D eigenvalue weighted by molar-refractivity contribution is 6.29. The molecule has 2 atom stereocenters. The Kier molecular flexibility index (Phi) is 8.09. The Hall–Kier alpha value is -3.11. The van der Waals surface area contributed by atoms with Crippen molar-refractivity contribution in [2.24, 2.45) is 5.41 Å². The van der Waals surface area contributed by atoms with Gasteiger partial charge in [-0.05, 0) is 51.7 Å². The third kappa shape index (κ3) is 6.09. The number of rotatable bonds is 3. The van der Waals surface area contributed by atoms with Crippen molar-refractivity contribution in [2.75, 3.05) is 32.7 Å². The minimum atomic E-state index is -1.16. The van der Waals surface area contributed by atoms with Gasteiger partial charge in [-0.1, -0.05) is 54.8 Å². The van der Waals surface area contributed by atoms with Crippen LogP contribution in [0, 0.1) is 5.41 Å². The SMILES string of the molecule is CC(C)(C)OC(=O)N1CCN(C(=O)N2CC[C@@](O)(Cn3ccc(Cl)nc3=O)C3(CCCC3)C2)[C@H](c2ccccc2)C1. The largest absolute Gasteiger partial charge is 0.444 e. The first kappa shape index (κ1) is 29.4. The van der Waals surface area contributed by atoms with Gasteiger partial charge in [0.1, 0.15) is 10.8 Å². The molecule has 2 aliphatic heterocycles. The van der Waals surface area contributed by atoms with Gasteiger partial charge < -0.3 is 24.5 Å². The summed E-state index contributed by atoms with van der Waals surface area (Å²) >= 11 is 5.89. The van der Waals surface area contributed by atoms with Crippen LogP contribution in [0.1, 0.15) is 64.5 Å². The number of urea groups is 1. The molecule has 3 amide bonds. The van der Waals surface area contributed by atoms with E-state index in [0.29, 0.717) is 39.1 Å². The molecule has 1 spiro atoms. The Morgan fingerprint density at radius 3 is 2.41 bits per heavy atom. The van der Waals surface area contributed by atoms with Gasteiger partial charge in [0.15, 0.2) is 0 Å². The van der Waals surface area contributed by atoms with Gasteiger partial charge in [-0.2, -0.15) is 4.98 Å². The summed E-state index contributed by atoms with van der Waals surface area (Å²) < 4.78 is 7.05. The van der Waals surface area contributed by atoms with Gasteiger partial charge in [0.25, 0.3) is 0 Å². The Morgan fingerprint density at radius 2 is 1.76 bits per heavy atom. The fraction of sp³-hybridized carbons (Fsp3) is 0.600. The number of carbonyl (C=O) groups excluding carboxylic acids is 2. The molecule has 5 rings (SSSR count). The zero-order valence-electron chi connectivity index (χ0n) is 24.1. The van der Waals surface area contributed by atoms with E-state index in [-0.39, 0.29) is 29.9 Å². The lowest BCUT2D eigenvalue weighted by Crippen LogP contribution is -2.64. The first-order chi connectivity index (χ1) is 19.4. The summed E-state index contributed by atoms with van der Waals surface area (Å²) in [7, 11) is 0. The minimum Gasteiger partial charge on any atom is -0.444 e. The number of nitrogens with zero attached hydrogens (tertiary/aromatic N) is 5. The molecule has 3 heterocycles. The molecular weight excluding hydrogens is 546 g/mol. The van der Waals surface area contributed by atoms with Crippen LogP contribution in [0.4, 0.5) is 9.59 Å². The molecule has 1 saturated carbocycles. The van der Waals surface area contributed by atoms with Crippen molar-refractivity contribution in [3.63, 3.8) is 0 Å². The van der Waals surface area contributed by atoms with E-state index < -0.39 is 22.3 Å². The van der Waals surface area contributed by atoms with Crippen molar-refractivity contribution in [1.82, 2.24) is 24.3 Å². The molecule has 3 fully saturated rings. The number of hydrogen-bond donors (Lipinski definition) is 1. The quantitative estimate of drug-likeness (QED) is 0.538. The van der Waals surface area contributed by atoms with Crippen molar-refractivity contribution in [3.8, 4) is 0 Å². The molecule has 222 valence electrons. The van der Waals surface area contributed by atoms with Crippen molar-refractivity contribution in [2.45, 2.75) is 76.7 Å². The van der Waals surface area contributed by atoms with Crippen molar-refractivity contribution in [1.29, 1.82) is 0 Å². The van der Waals surface area contributed by atoms with Crippen LogP contribution >= 0.6 is 11.6 Å². The van der Waals surface area contributed by atoms with Crippen LogP contribution in [-0.4, -0.2) is 85.4 Å². The van der Waals surface area contributed by atoms with Crippen LogP contribution in [-0.2, 0) is 11.3 Å². The van der Waals surface area contributed by atoms with E-state index in [4.69, 9.17) is 16.3 Å². The van der Waals surface area contributed by atoms with Crippen LogP contribution in [0.5, 0.6) is 0 Å². The summed E-state index contributed by atoms with van der Waals surface area (Å²) in [5, 5.41) is 12.2. The van der Waals surface area contributed by atoms with Gasteiger partial charge in [0.05, 0.1) is 18.2 Å². The molecule has 2 aromatic rings. The highest BCUT2D eigenvalue weighted by Crippen LogP contribution is 2.52. The molecule has 3 aliphatic rings. The molecule has 0 bridgehead atoms. The van der Waals surface area contributed by atoms with Crippen LogP contribution in [0.2, 0.25) is 5.15 Å². The lowest BCUT2D eigenvalue weighted by atomic mass is 9.66. The number of aromatic nitrogens is 2. The van der Waals surface area contributed by atoms with Gasteiger partial charge in [-0.3, -0.25) is 4.57 Å². The third-order valence-corrected chi connectivity index (χ3v) is 9.05. The zero-order valence-corrected chi connectivity index (χ0v) is 24.8. The standard InChI is InChI=1S/C30H40ClN5O5/c1-28(2,3)41-27(39)33-17-18-36(23(19-33)22-9-5-4-6-10-22)26(38)35-16-14-30(40,29(20-35)12-7-8-13-29)21-34-15-11-24(31)32-25(34)37/h4-6,9-11,15,23,40H,7-8,12-14,16-21H2,1-3H3/t23-,30+/m0/s1. The Bertz CT molecular complexity index is 1320. The number of piperidine rings is 1. The predicted octanol–water partition coefficient (Wildman–Crippen LogP) is 4.31. The molecule has 2 saturated heterocycles.